The van der Waals surface area contributed by atoms with E-state index in [1.807, 2.05) is 43.5 Å². The topological polar surface area (TPSA) is 64.1 Å². The van der Waals surface area contributed by atoms with Crippen LogP contribution in [0.15, 0.2) is 53.3 Å². The molecule has 0 saturated heterocycles. The first-order valence-electron chi connectivity index (χ1n) is 6.14. The van der Waals surface area contributed by atoms with Gasteiger partial charge in [0.15, 0.2) is 0 Å². The number of pyridine rings is 1. The van der Waals surface area contributed by atoms with E-state index in [9.17, 15) is 0 Å². The summed E-state index contributed by atoms with van der Waals surface area (Å²) in [6.07, 6.45) is 3.56. The molecule has 0 saturated carbocycles. The van der Waals surface area contributed by atoms with E-state index < -0.39 is 0 Å². The van der Waals surface area contributed by atoms with Crippen LogP contribution in [0.5, 0.6) is 0 Å². The fourth-order valence-corrected chi connectivity index (χ4v) is 2.25. The second-order valence-corrected chi connectivity index (χ2v) is 4.55. The summed E-state index contributed by atoms with van der Waals surface area (Å²) >= 11 is 0. The van der Waals surface area contributed by atoms with Crippen molar-refractivity contribution in [2.24, 2.45) is 5.84 Å². The van der Waals surface area contributed by atoms with E-state index in [0.29, 0.717) is 0 Å². The van der Waals surface area contributed by atoms with Gasteiger partial charge in [-0.15, -0.1) is 0 Å². The molecule has 0 amide bonds. The van der Waals surface area contributed by atoms with Gasteiger partial charge in [-0.3, -0.25) is 10.8 Å². The van der Waals surface area contributed by atoms with Crippen LogP contribution >= 0.6 is 0 Å². The fraction of sp³-hybridized carbons (Fsp3) is 0.133. The number of aryl methyl sites for hydroxylation is 1. The largest absolute Gasteiger partial charge is 0.469 e. The van der Waals surface area contributed by atoms with Gasteiger partial charge < -0.3 is 4.42 Å². The molecule has 0 aliphatic rings. The molecule has 4 nitrogen and oxygen atoms in total. The number of nitrogens with zero attached hydrogens (tertiary/aromatic N) is 1. The zero-order chi connectivity index (χ0) is 13.2. The van der Waals surface area contributed by atoms with Crippen LogP contribution in [0, 0.1) is 6.92 Å². The Kier molecular flexibility index (Phi) is 3.03. The second kappa shape index (κ2) is 4.84. The number of nitrogens with two attached hydrogens (primary N) is 1. The number of fused-ring (bicyclic) bond motifs is 1. The predicted octanol–water partition coefficient (Wildman–Crippen LogP) is 2.69. The van der Waals surface area contributed by atoms with Gasteiger partial charge in [-0.2, -0.15) is 0 Å². The number of hydrogen-bond donors (Lipinski definition) is 2. The lowest BCUT2D eigenvalue weighted by Crippen LogP contribution is -2.28. The van der Waals surface area contributed by atoms with E-state index in [1.165, 1.54) is 0 Å². The number of para-hydroxylation sites is 1. The number of benzene rings is 1. The Bertz CT molecular complexity index is 705. The molecule has 2 aromatic heterocycles. The zero-order valence-electron chi connectivity index (χ0n) is 10.6. The third kappa shape index (κ3) is 2.23. The molecular weight excluding hydrogens is 238 g/mol. The highest BCUT2D eigenvalue weighted by Crippen LogP contribution is 2.25. The maximum atomic E-state index is 5.67. The van der Waals surface area contributed by atoms with Crippen molar-refractivity contribution in [3.63, 3.8) is 0 Å². The predicted molar refractivity (Wildman–Crippen MR) is 74.4 cm³/mol. The molecule has 1 unspecified atom stereocenters. The maximum Gasteiger partial charge on any atom is 0.101 e. The molecule has 0 radical (unpaired) electrons. The van der Waals surface area contributed by atoms with Crippen LogP contribution in [-0.2, 0) is 0 Å². The molecule has 0 aliphatic heterocycles. The number of aromatic nitrogens is 1. The number of hydrogen-bond acceptors (Lipinski definition) is 4. The first-order chi connectivity index (χ1) is 9.28. The molecule has 0 aliphatic carbocycles. The summed E-state index contributed by atoms with van der Waals surface area (Å²) in [5.41, 5.74) is 5.80. The van der Waals surface area contributed by atoms with E-state index in [-0.39, 0.29) is 6.04 Å². The molecule has 0 spiro atoms. The normalized spacial score (nSPS) is 12.7. The molecule has 4 heteroatoms. The van der Waals surface area contributed by atoms with Crippen molar-refractivity contribution < 1.29 is 4.42 Å². The van der Waals surface area contributed by atoms with E-state index >= 15 is 0 Å². The summed E-state index contributed by atoms with van der Waals surface area (Å²) in [5, 5.41) is 1.10. The highest BCUT2D eigenvalue weighted by Gasteiger charge is 2.15. The van der Waals surface area contributed by atoms with Crippen molar-refractivity contribution in [1.82, 2.24) is 10.4 Å². The van der Waals surface area contributed by atoms with Crippen molar-refractivity contribution >= 4 is 10.9 Å². The summed E-state index contributed by atoms with van der Waals surface area (Å²) in [4.78, 5) is 4.46. The molecule has 96 valence electrons. The quantitative estimate of drug-likeness (QED) is 0.556. The molecule has 2 heterocycles. The van der Waals surface area contributed by atoms with E-state index in [0.717, 1.165) is 27.8 Å². The summed E-state index contributed by atoms with van der Waals surface area (Å²) < 4.78 is 5.34. The minimum absolute atomic E-state index is 0.116. The Morgan fingerprint density at radius 3 is 2.79 bits per heavy atom. The lowest BCUT2D eigenvalue weighted by atomic mass is 10.0. The van der Waals surface area contributed by atoms with Crippen LogP contribution in [0.1, 0.15) is 22.9 Å². The summed E-state index contributed by atoms with van der Waals surface area (Å²) in [5.74, 6) is 6.54. The summed E-state index contributed by atoms with van der Waals surface area (Å²) in [6, 6.07) is 12.0. The number of nitrogens with one attached hydrogen (secondary N) is 1. The SMILES string of the molecule is Cc1cc(C(NN)c2cnc3ccccc3c2)co1. The van der Waals surface area contributed by atoms with Crippen LogP contribution in [0.25, 0.3) is 10.9 Å². The van der Waals surface area contributed by atoms with Crippen LogP contribution in [0.4, 0.5) is 0 Å². The third-order valence-corrected chi connectivity index (χ3v) is 3.20. The third-order valence-electron chi connectivity index (χ3n) is 3.20. The van der Waals surface area contributed by atoms with Gasteiger partial charge in [-0.05, 0) is 30.7 Å². The van der Waals surface area contributed by atoms with E-state index in [4.69, 9.17) is 10.3 Å². The van der Waals surface area contributed by atoms with Crippen molar-refractivity contribution in [1.29, 1.82) is 0 Å². The molecule has 3 aromatic rings. The van der Waals surface area contributed by atoms with Gasteiger partial charge >= 0.3 is 0 Å². The minimum Gasteiger partial charge on any atom is -0.469 e. The van der Waals surface area contributed by atoms with Gasteiger partial charge in [0.2, 0.25) is 0 Å². The zero-order valence-corrected chi connectivity index (χ0v) is 10.6. The summed E-state index contributed by atoms with van der Waals surface area (Å²) in [7, 11) is 0. The van der Waals surface area contributed by atoms with Crippen LogP contribution in [0.3, 0.4) is 0 Å². The number of furan rings is 1. The minimum atomic E-state index is -0.116. The molecule has 1 aromatic carbocycles. The van der Waals surface area contributed by atoms with Crippen LogP contribution in [0.2, 0.25) is 0 Å². The Labute approximate surface area is 111 Å². The standard InChI is InChI=1S/C15H15N3O/c1-10-6-13(9-19-10)15(18-16)12-7-11-4-2-3-5-14(11)17-8-12/h2-9,15,18H,16H2,1H3. The highest BCUT2D eigenvalue weighted by molar-refractivity contribution is 5.78. The fourth-order valence-electron chi connectivity index (χ4n) is 2.25. The number of hydrazine groups is 1. The maximum absolute atomic E-state index is 5.67. The monoisotopic (exact) mass is 253 g/mol. The molecule has 3 rings (SSSR count). The molecule has 3 N–H and O–H groups in total. The number of rotatable bonds is 3. The lowest BCUT2D eigenvalue weighted by molar-refractivity contribution is 0.525. The van der Waals surface area contributed by atoms with E-state index in [1.54, 1.807) is 6.26 Å². The Hall–Kier alpha value is -2.17. The average Bonchev–Trinajstić information content (AvgIpc) is 2.86. The van der Waals surface area contributed by atoms with Crippen LogP contribution in [-0.4, -0.2) is 4.98 Å². The van der Waals surface area contributed by atoms with Gasteiger partial charge in [-0.1, -0.05) is 18.2 Å². The van der Waals surface area contributed by atoms with Crippen molar-refractivity contribution in [2.45, 2.75) is 13.0 Å². The van der Waals surface area contributed by atoms with Gasteiger partial charge in [0.05, 0.1) is 17.8 Å². The average molecular weight is 253 g/mol. The van der Waals surface area contributed by atoms with Gasteiger partial charge in [-0.25, -0.2) is 5.43 Å². The lowest BCUT2D eigenvalue weighted by Gasteiger charge is -2.14. The Morgan fingerprint density at radius 2 is 2.05 bits per heavy atom. The molecule has 0 bridgehead atoms. The van der Waals surface area contributed by atoms with Crippen molar-refractivity contribution in [3.05, 3.63) is 65.7 Å². The van der Waals surface area contributed by atoms with Gasteiger partial charge in [0.25, 0.3) is 0 Å². The van der Waals surface area contributed by atoms with Gasteiger partial charge in [0, 0.05) is 17.1 Å². The molecule has 19 heavy (non-hydrogen) atoms. The Morgan fingerprint density at radius 1 is 1.21 bits per heavy atom. The van der Waals surface area contributed by atoms with Crippen LogP contribution < -0.4 is 11.3 Å². The van der Waals surface area contributed by atoms with E-state index in [2.05, 4.69) is 16.5 Å². The Balaban J connectivity index is 2.06. The van der Waals surface area contributed by atoms with Gasteiger partial charge in [0.1, 0.15) is 5.76 Å². The summed E-state index contributed by atoms with van der Waals surface area (Å²) in [6.45, 7) is 1.91. The molecule has 1 atom stereocenters. The van der Waals surface area contributed by atoms with Crippen molar-refractivity contribution in [3.8, 4) is 0 Å². The first-order valence-corrected chi connectivity index (χ1v) is 6.14. The van der Waals surface area contributed by atoms with Crippen molar-refractivity contribution in [2.75, 3.05) is 0 Å². The molecule has 0 fully saturated rings. The molecular formula is C15H15N3O. The second-order valence-electron chi connectivity index (χ2n) is 4.55. The first kappa shape index (κ1) is 11.9. The highest BCUT2D eigenvalue weighted by atomic mass is 16.3. The smallest absolute Gasteiger partial charge is 0.101 e.